The van der Waals surface area contributed by atoms with Gasteiger partial charge in [0, 0.05) is 23.3 Å². The van der Waals surface area contributed by atoms with Crippen LogP contribution in [0.5, 0.6) is 11.5 Å². The third kappa shape index (κ3) is 3.49. The average Bonchev–Trinajstić information content (AvgIpc) is 3.16. The second-order valence-corrected chi connectivity index (χ2v) is 6.18. The van der Waals surface area contributed by atoms with Crippen molar-refractivity contribution in [3.63, 3.8) is 0 Å². The average molecular weight is 365 g/mol. The number of fused-ring (bicyclic) bond motifs is 1. The molecule has 4 aromatic rings. The predicted molar refractivity (Wildman–Crippen MR) is 101 cm³/mol. The van der Waals surface area contributed by atoms with Crippen molar-refractivity contribution >= 4 is 10.9 Å². The zero-order valence-corrected chi connectivity index (χ0v) is 14.6. The van der Waals surface area contributed by atoms with Crippen LogP contribution in [-0.2, 0) is 6.61 Å². The third-order valence-corrected chi connectivity index (χ3v) is 4.43. The molecule has 0 aliphatic heterocycles. The van der Waals surface area contributed by atoms with Gasteiger partial charge in [0.05, 0.1) is 7.11 Å². The number of ether oxygens (including phenoxy) is 2. The van der Waals surface area contributed by atoms with Crippen LogP contribution in [-0.4, -0.2) is 12.1 Å². The fourth-order valence-electron chi connectivity index (χ4n) is 3.01. The summed E-state index contributed by atoms with van der Waals surface area (Å²) >= 11 is 0. The maximum atomic E-state index is 13.5. The van der Waals surface area contributed by atoms with Crippen LogP contribution >= 0.6 is 0 Å². The molecule has 3 aromatic carbocycles. The largest absolute Gasteiger partial charge is 0.496 e. The molecule has 0 unspecified atom stereocenters. The first-order valence-electron chi connectivity index (χ1n) is 8.46. The quantitative estimate of drug-likeness (QED) is 0.492. The molecule has 0 bridgehead atoms. The SMILES string of the molecule is COc1cc(OCc2ccc3cc[nH]c3c2)ccc1-c1ccc(F)c(F)c1. The van der Waals surface area contributed by atoms with Crippen LogP contribution in [0.4, 0.5) is 8.78 Å². The lowest BCUT2D eigenvalue weighted by atomic mass is 10.0. The van der Waals surface area contributed by atoms with Crippen molar-refractivity contribution < 1.29 is 18.3 Å². The van der Waals surface area contributed by atoms with E-state index in [4.69, 9.17) is 9.47 Å². The van der Waals surface area contributed by atoms with Crippen molar-refractivity contribution in [1.29, 1.82) is 0 Å². The van der Waals surface area contributed by atoms with E-state index in [1.54, 1.807) is 18.2 Å². The molecular weight excluding hydrogens is 348 g/mol. The molecule has 0 spiro atoms. The summed E-state index contributed by atoms with van der Waals surface area (Å²) in [5.41, 5.74) is 3.29. The molecule has 1 aromatic heterocycles. The highest BCUT2D eigenvalue weighted by Crippen LogP contribution is 2.34. The van der Waals surface area contributed by atoms with E-state index >= 15 is 0 Å². The maximum Gasteiger partial charge on any atom is 0.159 e. The Morgan fingerprint density at radius 1 is 0.889 bits per heavy atom. The molecule has 136 valence electrons. The van der Waals surface area contributed by atoms with Crippen LogP contribution in [0.2, 0.25) is 0 Å². The van der Waals surface area contributed by atoms with E-state index in [9.17, 15) is 8.78 Å². The summed E-state index contributed by atoms with van der Waals surface area (Å²) in [4.78, 5) is 3.18. The lowest BCUT2D eigenvalue weighted by molar-refractivity contribution is 0.304. The highest BCUT2D eigenvalue weighted by molar-refractivity contribution is 5.79. The minimum Gasteiger partial charge on any atom is -0.496 e. The van der Waals surface area contributed by atoms with Crippen molar-refractivity contribution in [2.24, 2.45) is 0 Å². The van der Waals surface area contributed by atoms with E-state index < -0.39 is 11.6 Å². The standard InChI is InChI=1S/C22H17F2NO2/c1-26-22-12-17(5-6-18(22)16-4-7-19(23)20(24)11-16)27-13-14-2-3-15-8-9-25-21(15)10-14/h2-12,25H,13H2,1H3. The minimum atomic E-state index is -0.894. The normalized spacial score (nSPS) is 10.9. The molecule has 1 heterocycles. The van der Waals surface area contributed by atoms with Gasteiger partial charge in [-0.15, -0.1) is 0 Å². The minimum absolute atomic E-state index is 0.405. The molecule has 4 rings (SSSR count). The van der Waals surface area contributed by atoms with Crippen molar-refractivity contribution in [3.8, 4) is 22.6 Å². The highest BCUT2D eigenvalue weighted by Gasteiger charge is 2.11. The molecule has 0 saturated carbocycles. The zero-order valence-electron chi connectivity index (χ0n) is 14.6. The molecule has 0 radical (unpaired) electrons. The Morgan fingerprint density at radius 3 is 2.59 bits per heavy atom. The first-order chi connectivity index (χ1) is 13.1. The van der Waals surface area contributed by atoms with Crippen LogP contribution < -0.4 is 9.47 Å². The number of aromatic nitrogens is 1. The number of benzene rings is 3. The van der Waals surface area contributed by atoms with Gasteiger partial charge in [0.15, 0.2) is 11.6 Å². The van der Waals surface area contributed by atoms with Crippen molar-refractivity contribution in [1.82, 2.24) is 4.98 Å². The van der Waals surface area contributed by atoms with Crippen LogP contribution in [0.15, 0.2) is 66.9 Å². The molecule has 0 fully saturated rings. The van der Waals surface area contributed by atoms with E-state index in [1.807, 2.05) is 30.5 Å². The molecular formula is C22H17F2NO2. The number of methoxy groups -OCH3 is 1. The second-order valence-electron chi connectivity index (χ2n) is 6.18. The Morgan fingerprint density at radius 2 is 1.78 bits per heavy atom. The van der Waals surface area contributed by atoms with Gasteiger partial charge in [-0.05, 0) is 52.9 Å². The molecule has 0 atom stereocenters. The summed E-state index contributed by atoms with van der Waals surface area (Å²) in [6, 6.07) is 17.2. The zero-order chi connectivity index (χ0) is 18.8. The van der Waals surface area contributed by atoms with Gasteiger partial charge < -0.3 is 14.5 Å². The van der Waals surface area contributed by atoms with Crippen molar-refractivity contribution in [2.75, 3.05) is 7.11 Å². The van der Waals surface area contributed by atoms with E-state index in [-0.39, 0.29) is 0 Å². The number of aromatic amines is 1. The topological polar surface area (TPSA) is 34.2 Å². The second kappa shape index (κ2) is 7.11. The molecule has 27 heavy (non-hydrogen) atoms. The Labute approximate surface area is 155 Å². The number of H-pyrrole nitrogens is 1. The van der Waals surface area contributed by atoms with Gasteiger partial charge in [-0.3, -0.25) is 0 Å². The summed E-state index contributed by atoms with van der Waals surface area (Å²) in [6.45, 7) is 0.405. The summed E-state index contributed by atoms with van der Waals surface area (Å²) < 4.78 is 38.0. The fraction of sp³-hybridized carbons (Fsp3) is 0.0909. The summed E-state index contributed by atoms with van der Waals surface area (Å²) in [5, 5.41) is 1.15. The van der Waals surface area contributed by atoms with Crippen molar-refractivity contribution in [2.45, 2.75) is 6.61 Å². The maximum absolute atomic E-state index is 13.5. The van der Waals surface area contributed by atoms with Gasteiger partial charge in [0.1, 0.15) is 18.1 Å². The van der Waals surface area contributed by atoms with E-state index in [0.29, 0.717) is 29.2 Å². The number of halogens is 2. The first kappa shape index (κ1) is 17.1. The Balaban J connectivity index is 1.56. The summed E-state index contributed by atoms with van der Waals surface area (Å²) in [7, 11) is 1.53. The van der Waals surface area contributed by atoms with Crippen molar-refractivity contribution in [3.05, 3.63) is 84.1 Å². The smallest absolute Gasteiger partial charge is 0.159 e. The van der Waals surface area contributed by atoms with Gasteiger partial charge in [-0.2, -0.15) is 0 Å². The van der Waals surface area contributed by atoms with Crippen LogP contribution in [0, 0.1) is 11.6 Å². The predicted octanol–water partition coefficient (Wildman–Crippen LogP) is 5.70. The lowest BCUT2D eigenvalue weighted by Crippen LogP contribution is -1.97. The highest BCUT2D eigenvalue weighted by atomic mass is 19.2. The molecule has 5 heteroatoms. The molecule has 0 amide bonds. The number of nitrogens with one attached hydrogen (secondary N) is 1. The molecule has 3 nitrogen and oxygen atoms in total. The van der Waals surface area contributed by atoms with Gasteiger partial charge in [-0.1, -0.05) is 18.2 Å². The fourth-order valence-corrected chi connectivity index (χ4v) is 3.01. The van der Waals surface area contributed by atoms with E-state index in [0.717, 1.165) is 28.6 Å². The van der Waals surface area contributed by atoms with Gasteiger partial charge >= 0.3 is 0 Å². The van der Waals surface area contributed by atoms with Gasteiger partial charge in [0.2, 0.25) is 0 Å². The van der Waals surface area contributed by atoms with Gasteiger partial charge in [0.25, 0.3) is 0 Å². The molecule has 0 aliphatic carbocycles. The summed E-state index contributed by atoms with van der Waals surface area (Å²) in [5.74, 6) is -0.616. The third-order valence-electron chi connectivity index (χ3n) is 4.43. The van der Waals surface area contributed by atoms with E-state index in [2.05, 4.69) is 4.98 Å². The molecule has 0 saturated heterocycles. The number of rotatable bonds is 5. The van der Waals surface area contributed by atoms with Crippen LogP contribution in [0.3, 0.4) is 0 Å². The monoisotopic (exact) mass is 365 g/mol. The number of hydrogen-bond acceptors (Lipinski definition) is 2. The Hall–Kier alpha value is -3.34. The number of hydrogen-bond donors (Lipinski definition) is 1. The molecule has 0 aliphatic rings. The van der Waals surface area contributed by atoms with Crippen LogP contribution in [0.25, 0.3) is 22.0 Å². The van der Waals surface area contributed by atoms with E-state index in [1.165, 1.54) is 13.2 Å². The Bertz CT molecular complexity index is 1100. The summed E-state index contributed by atoms with van der Waals surface area (Å²) in [6.07, 6.45) is 1.90. The van der Waals surface area contributed by atoms with Gasteiger partial charge in [-0.25, -0.2) is 8.78 Å². The molecule has 1 N–H and O–H groups in total. The van der Waals surface area contributed by atoms with Crippen LogP contribution in [0.1, 0.15) is 5.56 Å². The Kier molecular flexibility index (Phi) is 4.50. The first-order valence-corrected chi connectivity index (χ1v) is 8.46. The lowest BCUT2D eigenvalue weighted by Gasteiger charge is -2.12.